The molecule has 5 aliphatic heterocycles. The number of piperidine rings is 2. The number of likely N-dealkylation sites (tertiary alicyclic amines) is 1. The number of hydrogen-bond acceptors (Lipinski definition) is 17. The Morgan fingerprint density at radius 3 is 2.11 bits per heavy atom. The molecule has 3 N–H and O–H groups in total. The zero-order valence-corrected chi connectivity index (χ0v) is 42.4. The molecule has 22 heteroatoms. The molecule has 6 amide bonds. The van der Waals surface area contributed by atoms with Gasteiger partial charge in [0, 0.05) is 121 Å². The number of fused-ring (bicyclic) bond motifs is 1. The first kappa shape index (κ1) is 49.4. The number of imide groups is 2. The number of benzene rings is 1. The van der Waals surface area contributed by atoms with Crippen LogP contribution in [0.1, 0.15) is 103 Å². The van der Waals surface area contributed by atoms with E-state index in [1.165, 1.54) is 6.39 Å². The third-order valence-corrected chi connectivity index (χ3v) is 16.8. The third-order valence-electron chi connectivity index (χ3n) is 16.8. The first-order valence-electron chi connectivity index (χ1n) is 26.7. The first-order valence-corrected chi connectivity index (χ1v) is 26.7. The van der Waals surface area contributed by atoms with Crippen LogP contribution in [0, 0.1) is 24.7 Å². The summed E-state index contributed by atoms with van der Waals surface area (Å²) in [4.78, 5) is 100. The summed E-state index contributed by atoms with van der Waals surface area (Å²) in [7, 11) is 1.86. The molecule has 22 nitrogen and oxygen atoms in total. The second-order valence-corrected chi connectivity index (χ2v) is 21.4. The second kappa shape index (κ2) is 21.2. The minimum atomic E-state index is -0.982. The Morgan fingerprint density at radius 1 is 0.770 bits per heavy atom. The highest BCUT2D eigenvalue weighted by molar-refractivity contribution is 6.23. The fourth-order valence-electron chi connectivity index (χ4n) is 12.6. The van der Waals surface area contributed by atoms with Crippen LogP contribution >= 0.6 is 0 Å². The molecule has 4 aromatic rings. The highest BCUT2D eigenvalue weighted by atomic mass is 16.4. The van der Waals surface area contributed by atoms with E-state index in [0.717, 1.165) is 158 Å². The number of aryl methyl sites for hydroxylation is 2. The fourth-order valence-corrected chi connectivity index (χ4v) is 12.6. The summed E-state index contributed by atoms with van der Waals surface area (Å²) in [6, 6.07) is 5.02. The van der Waals surface area contributed by atoms with Gasteiger partial charge in [-0.2, -0.15) is 10.1 Å². The summed E-state index contributed by atoms with van der Waals surface area (Å²) in [6.07, 6.45) is 14.2. The van der Waals surface area contributed by atoms with Crippen molar-refractivity contribution in [1.29, 1.82) is 0 Å². The molecule has 2 aliphatic carbocycles. The van der Waals surface area contributed by atoms with Crippen molar-refractivity contribution in [2.24, 2.45) is 24.8 Å². The van der Waals surface area contributed by atoms with Crippen LogP contribution in [-0.4, -0.2) is 180 Å². The number of carbonyl (C=O) groups excluding carboxylic acids is 6. The van der Waals surface area contributed by atoms with E-state index < -0.39 is 29.7 Å². The maximum absolute atomic E-state index is 13.8. The fraction of sp³-hybridized carbons (Fsp3) is 0.596. The van der Waals surface area contributed by atoms with Gasteiger partial charge in [-0.1, -0.05) is 0 Å². The lowest BCUT2D eigenvalue weighted by molar-refractivity contribution is -0.143. The van der Waals surface area contributed by atoms with Crippen molar-refractivity contribution in [3.8, 4) is 11.5 Å². The summed E-state index contributed by atoms with van der Waals surface area (Å²) in [5.41, 5.74) is 3.67. The zero-order chi connectivity index (χ0) is 51.0. The number of anilines is 4. The smallest absolute Gasteiger partial charge is 0.262 e. The lowest BCUT2D eigenvalue weighted by Crippen LogP contribution is -2.54. The van der Waals surface area contributed by atoms with Gasteiger partial charge in [-0.3, -0.25) is 53.5 Å². The highest BCUT2D eigenvalue weighted by Crippen LogP contribution is 2.36. The van der Waals surface area contributed by atoms with Crippen LogP contribution in [0.5, 0.6) is 0 Å². The van der Waals surface area contributed by atoms with Crippen molar-refractivity contribution in [3.05, 3.63) is 53.8 Å². The first-order chi connectivity index (χ1) is 35.9. The van der Waals surface area contributed by atoms with Crippen molar-refractivity contribution >= 4 is 58.6 Å². The van der Waals surface area contributed by atoms with Crippen molar-refractivity contribution < 1.29 is 33.2 Å². The van der Waals surface area contributed by atoms with E-state index in [1.807, 2.05) is 26.2 Å². The highest BCUT2D eigenvalue weighted by Gasteiger charge is 2.45. The predicted molar refractivity (Wildman–Crippen MR) is 271 cm³/mol. The van der Waals surface area contributed by atoms with Gasteiger partial charge < -0.3 is 29.8 Å². The average Bonchev–Trinajstić information content (AvgIpc) is 4.16. The van der Waals surface area contributed by atoms with Gasteiger partial charge in [-0.25, -0.2) is 4.98 Å². The molecule has 7 aliphatic rings. The topological polar surface area (TPSA) is 240 Å². The van der Waals surface area contributed by atoms with E-state index in [-0.39, 0.29) is 48.1 Å². The number of nitrogens with zero attached hydrogens (tertiary/aromatic N) is 12. The Bertz CT molecular complexity index is 2740. The molecular weight excluding hydrogens is 947 g/mol. The van der Waals surface area contributed by atoms with Gasteiger partial charge in [0.25, 0.3) is 17.7 Å². The van der Waals surface area contributed by atoms with Crippen molar-refractivity contribution in [2.75, 3.05) is 87.5 Å². The van der Waals surface area contributed by atoms with Gasteiger partial charge in [0.2, 0.25) is 36.0 Å². The van der Waals surface area contributed by atoms with Crippen LogP contribution in [0.15, 0.2) is 41.4 Å². The van der Waals surface area contributed by atoms with E-state index in [9.17, 15) is 28.8 Å². The molecule has 1 unspecified atom stereocenters. The van der Waals surface area contributed by atoms with Crippen LogP contribution in [0.4, 0.5) is 23.1 Å². The molecule has 392 valence electrons. The molecule has 1 atom stereocenters. The SMILES string of the molecule is Cc1nc(Nc2cnn(C)c2)nc(NC2CCC(N3CCN(C(=O)C4CCC(C(=O)N5CCC(CN6CCN(c7ccc8c(c7)C(=O)N(C7CCC(=O)NC7=O)C8=O)CC6)CC5)CC4)CC3)CC2)c1-c1nnco1. The quantitative estimate of drug-likeness (QED) is 0.172. The van der Waals surface area contributed by atoms with E-state index >= 15 is 0 Å². The summed E-state index contributed by atoms with van der Waals surface area (Å²) in [5, 5.41) is 21.5. The van der Waals surface area contributed by atoms with Crippen LogP contribution in [0.2, 0.25) is 0 Å². The summed E-state index contributed by atoms with van der Waals surface area (Å²) in [5.74, 6) is 0.517. The standard InChI is InChI=1S/C52H67N15O7/c1-32-44(47-60-53-31-74-47)45(59-52(55-32)57-37-28-54-61(2)30-37)56-36-7-9-38(10-8-36)63-23-25-66(26-24-63)49(71)35-5-3-34(4-6-35)48(70)65-17-15-33(16-18-65)29-62-19-21-64(22-20-62)39-11-12-40-41(27-39)51(73)67(50(40)72)42-13-14-43(68)58-46(42)69/h11-12,27-28,30-31,33-36,38,42H,3-10,13-26,29H2,1-2H3,(H,58,68,69)(H2,55,56,57,59). The lowest BCUT2D eigenvalue weighted by atomic mass is 9.80. The van der Waals surface area contributed by atoms with Crippen LogP contribution < -0.4 is 20.9 Å². The van der Waals surface area contributed by atoms with Crippen LogP contribution in [0.25, 0.3) is 11.5 Å². The van der Waals surface area contributed by atoms with E-state index in [2.05, 4.69) is 60.7 Å². The van der Waals surface area contributed by atoms with Crippen molar-refractivity contribution in [1.82, 2.24) is 59.8 Å². The second-order valence-electron chi connectivity index (χ2n) is 21.4. The van der Waals surface area contributed by atoms with Crippen LogP contribution in [-0.2, 0) is 26.2 Å². The van der Waals surface area contributed by atoms with E-state index in [4.69, 9.17) is 9.40 Å². The number of carbonyl (C=O) groups is 6. The largest absolute Gasteiger partial charge is 0.423 e. The van der Waals surface area contributed by atoms with Crippen molar-refractivity contribution in [3.63, 3.8) is 0 Å². The Balaban J connectivity index is 0.580. The molecule has 0 bridgehead atoms. The molecule has 4 saturated heterocycles. The van der Waals surface area contributed by atoms with Gasteiger partial charge in [0.05, 0.1) is 28.7 Å². The van der Waals surface area contributed by atoms with Gasteiger partial charge >= 0.3 is 0 Å². The third kappa shape index (κ3) is 10.3. The minimum Gasteiger partial charge on any atom is -0.423 e. The van der Waals surface area contributed by atoms with E-state index in [1.54, 1.807) is 23.0 Å². The summed E-state index contributed by atoms with van der Waals surface area (Å²) < 4.78 is 7.31. The van der Waals surface area contributed by atoms with Gasteiger partial charge in [0.1, 0.15) is 17.4 Å². The normalized spacial score (nSPS) is 25.6. The van der Waals surface area contributed by atoms with Crippen molar-refractivity contribution in [2.45, 2.75) is 102 Å². The molecule has 2 saturated carbocycles. The molecule has 8 heterocycles. The Labute approximate surface area is 429 Å². The average molecular weight is 1010 g/mol. The maximum Gasteiger partial charge on any atom is 0.262 e. The Morgan fingerprint density at radius 2 is 1.46 bits per heavy atom. The molecule has 6 fully saturated rings. The monoisotopic (exact) mass is 1010 g/mol. The maximum atomic E-state index is 13.8. The van der Waals surface area contributed by atoms with Gasteiger partial charge in [-0.05, 0) is 102 Å². The molecule has 1 aromatic carbocycles. The predicted octanol–water partition coefficient (Wildman–Crippen LogP) is 3.45. The zero-order valence-electron chi connectivity index (χ0n) is 42.4. The van der Waals surface area contributed by atoms with Gasteiger partial charge in [-0.15, -0.1) is 10.2 Å². The number of amides is 6. The molecule has 3 aromatic heterocycles. The summed E-state index contributed by atoms with van der Waals surface area (Å²) >= 11 is 0. The van der Waals surface area contributed by atoms with Crippen LogP contribution in [0.3, 0.4) is 0 Å². The molecule has 0 spiro atoms. The number of hydrogen-bond donors (Lipinski definition) is 3. The Kier molecular flexibility index (Phi) is 14.2. The Hall–Kier alpha value is -6.81. The molecule has 11 rings (SSSR count). The molecular formula is C52H67N15O7. The lowest BCUT2D eigenvalue weighted by Gasteiger charge is -2.43. The summed E-state index contributed by atoms with van der Waals surface area (Å²) in [6.45, 7) is 11.0. The molecule has 0 radical (unpaired) electrons. The number of rotatable bonds is 12. The number of aromatic nitrogens is 6. The molecule has 74 heavy (non-hydrogen) atoms. The number of piperazine rings is 2. The number of nitrogens with one attached hydrogen (secondary N) is 3. The minimum absolute atomic E-state index is 0.00685. The van der Waals surface area contributed by atoms with E-state index in [0.29, 0.717) is 40.7 Å². The van der Waals surface area contributed by atoms with Gasteiger partial charge in [0.15, 0.2) is 0 Å².